The molecule has 4 aliphatic carbocycles. The number of hydrogen-bond donors (Lipinski definition) is 0. The van der Waals surface area contributed by atoms with Crippen molar-refractivity contribution in [2.75, 3.05) is 0 Å². The maximum Gasteiger partial charge on any atom is 0.126 e. The summed E-state index contributed by atoms with van der Waals surface area (Å²) in [4.78, 5) is 9.44. The molecule has 144 valence electrons. The zero-order chi connectivity index (χ0) is 18.2. The van der Waals surface area contributed by atoms with E-state index in [1.54, 1.807) is 51.4 Å². The van der Waals surface area contributed by atoms with Crippen LogP contribution in [-0.2, 0) is 4.79 Å². The molecular weight excluding hydrogens is 304 g/mol. The van der Waals surface area contributed by atoms with Crippen LogP contribution >= 0.6 is 0 Å². The van der Waals surface area contributed by atoms with Gasteiger partial charge in [0.05, 0.1) is 0 Å². The third kappa shape index (κ3) is 3.34. The molecule has 4 rings (SSSR count). The van der Waals surface area contributed by atoms with E-state index in [0.717, 1.165) is 35.0 Å². The lowest BCUT2D eigenvalue weighted by Gasteiger charge is -2.60. The molecule has 0 saturated heterocycles. The minimum atomic E-state index is 0.167. The number of carbonyl (C=O) groups is 1. The first-order valence-electron chi connectivity index (χ1n) is 11.3. The number of Topliss-reactive ketones (excluding diaryl/α,β-unsaturated/α-hetero) is 1. The summed E-state index contributed by atoms with van der Waals surface area (Å²) in [7, 11) is 0. The third-order valence-corrected chi connectivity index (χ3v) is 9.27. The number of hydrogen-bond acceptors (Lipinski definition) is 1. The van der Waals surface area contributed by atoms with Crippen LogP contribution in [0.25, 0.3) is 0 Å². The smallest absolute Gasteiger partial charge is 0.126 e. The molecule has 0 unspecified atom stereocenters. The minimum absolute atomic E-state index is 0.167. The van der Waals surface area contributed by atoms with Crippen LogP contribution in [0.2, 0.25) is 0 Å². The SMILES string of the molecule is CC(C)=O.CC[C@H]1CC[C@H]2[C@@H]3CC[C@H]4CCCC[C@]4(C)[C@H]3CC[C@]12C. The molecule has 0 aromatic rings. The Labute approximate surface area is 156 Å². The average molecular weight is 347 g/mol. The molecule has 4 fully saturated rings. The Morgan fingerprint density at radius 2 is 1.52 bits per heavy atom. The highest BCUT2D eigenvalue weighted by Gasteiger charge is 2.59. The van der Waals surface area contributed by atoms with E-state index in [2.05, 4.69) is 20.8 Å². The van der Waals surface area contributed by atoms with Crippen molar-refractivity contribution in [2.24, 2.45) is 40.4 Å². The number of carbonyl (C=O) groups excluding carboxylic acids is 1. The standard InChI is InChI=1S/C21H36.C3H6O/c1-4-15-9-11-18-17-10-8-16-7-5-6-13-20(16,2)19(17)12-14-21(15,18)3;1-3(2)4/h15-19H,4-14H2,1-3H3;1-2H3/t15-,16+,17-,18-,19-,20-,21+;/m0./s1. The molecule has 0 aromatic carbocycles. The van der Waals surface area contributed by atoms with Crippen molar-refractivity contribution in [1.82, 2.24) is 0 Å². The molecule has 25 heavy (non-hydrogen) atoms. The van der Waals surface area contributed by atoms with Crippen LogP contribution in [0.4, 0.5) is 0 Å². The van der Waals surface area contributed by atoms with Crippen molar-refractivity contribution >= 4 is 5.78 Å². The van der Waals surface area contributed by atoms with Gasteiger partial charge in [-0.2, -0.15) is 0 Å². The van der Waals surface area contributed by atoms with Crippen LogP contribution in [0.3, 0.4) is 0 Å². The van der Waals surface area contributed by atoms with Crippen LogP contribution in [0.1, 0.15) is 105 Å². The predicted octanol–water partition coefficient (Wildman–Crippen LogP) is 7.04. The van der Waals surface area contributed by atoms with Crippen LogP contribution in [0.15, 0.2) is 0 Å². The molecule has 0 bridgehead atoms. The highest BCUT2D eigenvalue weighted by molar-refractivity contribution is 5.72. The van der Waals surface area contributed by atoms with Gasteiger partial charge in [0.15, 0.2) is 0 Å². The first-order chi connectivity index (χ1) is 11.8. The summed E-state index contributed by atoms with van der Waals surface area (Å²) in [6, 6.07) is 0. The first-order valence-corrected chi connectivity index (χ1v) is 11.3. The minimum Gasteiger partial charge on any atom is -0.300 e. The molecule has 7 atom stereocenters. The molecular formula is C24H42O. The van der Waals surface area contributed by atoms with E-state index in [0.29, 0.717) is 5.41 Å². The fraction of sp³-hybridized carbons (Fsp3) is 0.958. The van der Waals surface area contributed by atoms with E-state index in [9.17, 15) is 4.79 Å². The fourth-order valence-electron chi connectivity index (χ4n) is 8.07. The third-order valence-electron chi connectivity index (χ3n) is 9.27. The van der Waals surface area contributed by atoms with Gasteiger partial charge in [-0.3, -0.25) is 0 Å². The van der Waals surface area contributed by atoms with Gasteiger partial charge in [0.2, 0.25) is 0 Å². The van der Waals surface area contributed by atoms with Crippen molar-refractivity contribution in [2.45, 2.75) is 105 Å². The summed E-state index contributed by atoms with van der Waals surface area (Å²) in [5, 5.41) is 0. The Hall–Kier alpha value is -0.330. The fourth-order valence-corrected chi connectivity index (χ4v) is 8.07. The predicted molar refractivity (Wildman–Crippen MR) is 106 cm³/mol. The highest BCUT2D eigenvalue weighted by Crippen LogP contribution is 2.67. The van der Waals surface area contributed by atoms with Gasteiger partial charge in [0, 0.05) is 0 Å². The van der Waals surface area contributed by atoms with Gasteiger partial charge in [-0.1, -0.05) is 40.0 Å². The lowest BCUT2D eigenvalue weighted by Crippen LogP contribution is -2.52. The summed E-state index contributed by atoms with van der Waals surface area (Å²) in [6.45, 7) is 10.9. The second-order valence-corrected chi connectivity index (χ2v) is 10.5. The number of rotatable bonds is 1. The second kappa shape index (κ2) is 7.35. The van der Waals surface area contributed by atoms with Gasteiger partial charge in [0.25, 0.3) is 0 Å². The molecule has 4 saturated carbocycles. The molecule has 0 aromatic heterocycles. The van der Waals surface area contributed by atoms with Gasteiger partial charge in [-0.25, -0.2) is 0 Å². The first kappa shape index (κ1) is 19.4. The van der Waals surface area contributed by atoms with Crippen LogP contribution in [0.5, 0.6) is 0 Å². The Bertz CT molecular complexity index is 478. The maximum atomic E-state index is 9.44. The Kier molecular flexibility index (Phi) is 5.72. The average Bonchev–Trinajstić information content (AvgIpc) is 2.90. The molecule has 4 aliphatic rings. The molecule has 0 heterocycles. The summed E-state index contributed by atoms with van der Waals surface area (Å²) >= 11 is 0. The Morgan fingerprint density at radius 1 is 0.840 bits per heavy atom. The summed E-state index contributed by atoms with van der Waals surface area (Å²) in [5.74, 6) is 5.56. The molecule has 0 aliphatic heterocycles. The second-order valence-electron chi connectivity index (χ2n) is 10.5. The van der Waals surface area contributed by atoms with Crippen LogP contribution < -0.4 is 0 Å². The van der Waals surface area contributed by atoms with Crippen LogP contribution in [-0.4, -0.2) is 5.78 Å². The quantitative estimate of drug-likeness (QED) is 0.497. The number of fused-ring (bicyclic) bond motifs is 5. The maximum absolute atomic E-state index is 9.44. The topological polar surface area (TPSA) is 17.1 Å². The van der Waals surface area contributed by atoms with Crippen molar-refractivity contribution in [3.8, 4) is 0 Å². The molecule has 0 radical (unpaired) electrons. The van der Waals surface area contributed by atoms with E-state index >= 15 is 0 Å². The molecule has 0 N–H and O–H groups in total. The molecule has 0 amide bonds. The van der Waals surface area contributed by atoms with Crippen molar-refractivity contribution in [1.29, 1.82) is 0 Å². The number of ketones is 1. The monoisotopic (exact) mass is 346 g/mol. The van der Waals surface area contributed by atoms with Gasteiger partial charge in [-0.15, -0.1) is 0 Å². The molecule has 1 heteroatoms. The van der Waals surface area contributed by atoms with E-state index in [1.807, 2.05) is 0 Å². The zero-order valence-corrected chi connectivity index (χ0v) is 17.6. The van der Waals surface area contributed by atoms with Crippen molar-refractivity contribution in [3.63, 3.8) is 0 Å². The lowest BCUT2D eigenvalue weighted by atomic mass is 9.45. The molecule has 1 nitrogen and oxygen atoms in total. The Morgan fingerprint density at radius 3 is 2.20 bits per heavy atom. The van der Waals surface area contributed by atoms with Crippen molar-refractivity contribution < 1.29 is 4.79 Å². The van der Waals surface area contributed by atoms with Gasteiger partial charge < -0.3 is 4.79 Å². The van der Waals surface area contributed by atoms with E-state index in [1.165, 1.54) is 33.1 Å². The summed E-state index contributed by atoms with van der Waals surface area (Å²) < 4.78 is 0. The largest absolute Gasteiger partial charge is 0.300 e. The lowest BCUT2D eigenvalue weighted by molar-refractivity contribution is -0.115. The normalized spacial score (nSPS) is 48.4. The van der Waals surface area contributed by atoms with Gasteiger partial charge in [0.1, 0.15) is 5.78 Å². The highest BCUT2D eigenvalue weighted by atomic mass is 16.1. The summed E-state index contributed by atoms with van der Waals surface area (Å²) in [5.41, 5.74) is 1.45. The zero-order valence-electron chi connectivity index (χ0n) is 17.6. The van der Waals surface area contributed by atoms with Gasteiger partial charge in [-0.05, 0) is 106 Å². The van der Waals surface area contributed by atoms with E-state index in [-0.39, 0.29) is 5.78 Å². The van der Waals surface area contributed by atoms with Crippen molar-refractivity contribution in [3.05, 3.63) is 0 Å². The van der Waals surface area contributed by atoms with E-state index in [4.69, 9.17) is 0 Å². The molecule has 0 spiro atoms. The van der Waals surface area contributed by atoms with Crippen LogP contribution in [0, 0.1) is 40.4 Å². The Balaban J connectivity index is 0.000000415. The van der Waals surface area contributed by atoms with E-state index < -0.39 is 0 Å². The summed E-state index contributed by atoms with van der Waals surface area (Å²) in [6.07, 6.45) is 17.0. The van der Waals surface area contributed by atoms with Gasteiger partial charge >= 0.3 is 0 Å².